The number of rotatable bonds is 6. The monoisotopic (exact) mass is 358 g/mol. The Labute approximate surface area is 152 Å². The Hall–Kier alpha value is -2.28. The summed E-state index contributed by atoms with van der Waals surface area (Å²) >= 11 is 0. The molecular weight excluding hydrogens is 335 g/mol. The van der Waals surface area contributed by atoms with E-state index in [9.17, 15) is 14.3 Å². The minimum atomic E-state index is -0.561. The Balaban J connectivity index is 1.54. The van der Waals surface area contributed by atoms with E-state index in [2.05, 4.69) is 10.2 Å². The number of nitrogens with one attached hydrogen (secondary N) is 1. The maximum absolute atomic E-state index is 13.6. The molecule has 3 rings (SSSR count). The molecule has 0 radical (unpaired) electrons. The van der Waals surface area contributed by atoms with Crippen molar-refractivity contribution < 1.29 is 19.0 Å². The van der Waals surface area contributed by atoms with Crippen molar-refractivity contribution in [3.8, 4) is 0 Å². The predicted molar refractivity (Wildman–Crippen MR) is 97.6 cm³/mol. The third kappa shape index (κ3) is 4.88. The third-order valence-corrected chi connectivity index (χ3v) is 4.49. The first-order valence-corrected chi connectivity index (χ1v) is 8.77. The second-order valence-corrected chi connectivity index (χ2v) is 6.31. The van der Waals surface area contributed by atoms with Crippen molar-refractivity contribution in [2.24, 2.45) is 0 Å². The lowest BCUT2D eigenvalue weighted by molar-refractivity contribution is 0.0300. The molecule has 1 fully saturated rings. The molecule has 0 aliphatic carbocycles. The lowest BCUT2D eigenvalue weighted by Crippen LogP contribution is -2.37. The zero-order valence-electron chi connectivity index (χ0n) is 14.5. The molecule has 1 saturated heterocycles. The molecule has 1 aliphatic rings. The van der Waals surface area contributed by atoms with Gasteiger partial charge in [-0.15, -0.1) is 0 Å². The molecule has 5 nitrogen and oxygen atoms in total. The van der Waals surface area contributed by atoms with E-state index in [4.69, 9.17) is 4.74 Å². The Morgan fingerprint density at radius 2 is 1.85 bits per heavy atom. The fraction of sp³-hybridized carbons (Fsp3) is 0.350. The van der Waals surface area contributed by atoms with Crippen molar-refractivity contribution >= 4 is 11.6 Å². The van der Waals surface area contributed by atoms with E-state index in [1.165, 1.54) is 12.1 Å². The summed E-state index contributed by atoms with van der Waals surface area (Å²) in [7, 11) is 0. The average Bonchev–Trinajstić information content (AvgIpc) is 2.68. The number of morpholine rings is 1. The van der Waals surface area contributed by atoms with Gasteiger partial charge in [0, 0.05) is 25.3 Å². The number of halogens is 1. The molecular formula is C20H23FN2O3. The highest BCUT2D eigenvalue weighted by molar-refractivity contribution is 6.04. The van der Waals surface area contributed by atoms with Crippen LogP contribution in [0.4, 0.5) is 10.1 Å². The number of carbonyl (C=O) groups is 1. The number of aliphatic hydroxyl groups is 1. The number of nitrogens with zero attached hydrogens (tertiary/aromatic N) is 1. The largest absolute Gasteiger partial charge is 0.388 e. The first-order valence-electron chi connectivity index (χ1n) is 8.77. The fourth-order valence-corrected chi connectivity index (χ4v) is 2.93. The van der Waals surface area contributed by atoms with E-state index >= 15 is 0 Å². The van der Waals surface area contributed by atoms with Gasteiger partial charge in [-0.25, -0.2) is 4.39 Å². The van der Waals surface area contributed by atoms with Crippen LogP contribution in [0.15, 0.2) is 48.5 Å². The van der Waals surface area contributed by atoms with Crippen LogP contribution in [-0.4, -0.2) is 48.8 Å². The Morgan fingerprint density at radius 3 is 2.54 bits per heavy atom. The van der Waals surface area contributed by atoms with Crippen molar-refractivity contribution in [2.45, 2.75) is 12.5 Å². The Morgan fingerprint density at radius 1 is 1.15 bits per heavy atom. The van der Waals surface area contributed by atoms with Crippen LogP contribution in [0, 0.1) is 5.82 Å². The van der Waals surface area contributed by atoms with Gasteiger partial charge in [0.2, 0.25) is 0 Å². The second kappa shape index (κ2) is 8.89. The molecule has 2 aromatic carbocycles. The first kappa shape index (κ1) is 18.5. The number of ether oxygens (including phenoxy) is 1. The zero-order valence-corrected chi connectivity index (χ0v) is 14.5. The minimum absolute atomic E-state index is 0.00197. The van der Waals surface area contributed by atoms with Gasteiger partial charge in [0.15, 0.2) is 0 Å². The van der Waals surface area contributed by atoms with Crippen LogP contribution in [0.2, 0.25) is 0 Å². The number of anilines is 1. The summed E-state index contributed by atoms with van der Waals surface area (Å²) in [5.74, 6) is -1.05. The fourth-order valence-electron chi connectivity index (χ4n) is 2.93. The van der Waals surface area contributed by atoms with Crippen molar-refractivity contribution in [3.63, 3.8) is 0 Å². The van der Waals surface area contributed by atoms with Crippen LogP contribution in [0.3, 0.4) is 0 Å². The number of benzene rings is 2. The number of carbonyl (C=O) groups excluding carboxylic acids is 1. The van der Waals surface area contributed by atoms with Gasteiger partial charge in [0.1, 0.15) is 5.82 Å². The second-order valence-electron chi connectivity index (χ2n) is 6.31. The maximum Gasteiger partial charge on any atom is 0.258 e. The normalized spacial score (nSPS) is 16.2. The van der Waals surface area contributed by atoms with E-state index < -0.39 is 17.8 Å². The summed E-state index contributed by atoms with van der Waals surface area (Å²) in [6, 6.07) is 12.8. The van der Waals surface area contributed by atoms with E-state index in [1.807, 2.05) is 0 Å². The molecule has 0 saturated carbocycles. The number of aliphatic hydroxyl groups excluding tert-OH is 1. The number of hydrogen-bond donors (Lipinski definition) is 2. The van der Waals surface area contributed by atoms with Crippen LogP contribution in [-0.2, 0) is 4.74 Å². The minimum Gasteiger partial charge on any atom is -0.388 e. The van der Waals surface area contributed by atoms with Gasteiger partial charge in [-0.2, -0.15) is 0 Å². The lowest BCUT2D eigenvalue weighted by atomic mass is 10.1. The number of hydrogen-bond acceptors (Lipinski definition) is 4. The van der Waals surface area contributed by atoms with Gasteiger partial charge in [-0.05, 0) is 36.2 Å². The Bertz CT molecular complexity index is 730. The molecule has 0 spiro atoms. The van der Waals surface area contributed by atoms with Gasteiger partial charge >= 0.3 is 0 Å². The molecule has 1 atom stereocenters. The van der Waals surface area contributed by atoms with Crippen LogP contribution in [0.25, 0.3) is 0 Å². The molecule has 0 aromatic heterocycles. The summed E-state index contributed by atoms with van der Waals surface area (Å²) < 4.78 is 19.0. The standard InChI is InChI=1S/C20H23FN2O3/c21-18-4-2-1-3-17(18)20(25)22-16-7-5-15(6-8-16)19(24)9-10-23-11-13-26-14-12-23/h1-8,19,24H,9-14H2,(H,22,25). The molecule has 1 amide bonds. The SMILES string of the molecule is O=C(Nc1ccc(C(O)CCN2CCOCC2)cc1)c1ccccc1F. The molecule has 26 heavy (non-hydrogen) atoms. The molecule has 1 heterocycles. The van der Waals surface area contributed by atoms with Gasteiger partial charge in [0.25, 0.3) is 5.91 Å². The molecule has 1 unspecified atom stereocenters. The van der Waals surface area contributed by atoms with Crippen molar-refractivity contribution in [3.05, 3.63) is 65.5 Å². The summed E-state index contributed by atoms with van der Waals surface area (Å²) in [4.78, 5) is 14.4. The van der Waals surface area contributed by atoms with Crippen LogP contribution < -0.4 is 5.32 Å². The quantitative estimate of drug-likeness (QED) is 0.834. The smallest absolute Gasteiger partial charge is 0.258 e. The van der Waals surface area contributed by atoms with Crippen LogP contribution in [0.5, 0.6) is 0 Å². The van der Waals surface area contributed by atoms with Gasteiger partial charge in [-0.3, -0.25) is 9.69 Å². The molecule has 1 aliphatic heterocycles. The summed E-state index contributed by atoms with van der Waals surface area (Å²) in [6.45, 7) is 4.09. The van der Waals surface area contributed by atoms with Gasteiger partial charge < -0.3 is 15.2 Å². The zero-order chi connectivity index (χ0) is 18.4. The average molecular weight is 358 g/mol. The molecule has 138 valence electrons. The van der Waals surface area contributed by atoms with Crippen molar-refractivity contribution in [1.29, 1.82) is 0 Å². The van der Waals surface area contributed by atoms with E-state index in [1.54, 1.807) is 36.4 Å². The van der Waals surface area contributed by atoms with Crippen LogP contribution in [0.1, 0.15) is 28.4 Å². The highest BCUT2D eigenvalue weighted by Gasteiger charge is 2.14. The van der Waals surface area contributed by atoms with E-state index in [-0.39, 0.29) is 5.56 Å². The van der Waals surface area contributed by atoms with Crippen molar-refractivity contribution in [1.82, 2.24) is 4.90 Å². The maximum atomic E-state index is 13.6. The molecule has 2 aromatic rings. The van der Waals surface area contributed by atoms with E-state index in [0.717, 1.165) is 38.4 Å². The predicted octanol–water partition coefficient (Wildman–Crippen LogP) is 2.83. The van der Waals surface area contributed by atoms with E-state index in [0.29, 0.717) is 12.1 Å². The van der Waals surface area contributed by atoms with Gasteiger partial charge in [0.05, 0.1) is 24.9 Å². The highest BCUT2D eigenvalue weighted by atomic mass is 19.1. The first-order chi connectivity index (χ1) is 12.6. The lowest BCUT2D eigenvalue weighted by Gasteiger charge is -2.27. The Kier molecular flexibility index (Phi) is 6.33. The topological polar surface area (TPSA) is 61.8 Å². The van der Waals surface area contributed by atoms with Crippen LogP contribution >= 0.6 is 0 Å². The third-order valence-electron chi connectivity index (χ3n) is 4.49. The van der Waals surface area contributed by atoms with Crippen molar-refractivity contribution in [2.75, 3.05) is 38.2 Å². The summed E-state index contributed by atoms with van der Waals surface area (Å²) in [5, 5.41) is 13.0. The molecule has 0 bridgehead atoms. The molecule has 2 N–H and O–H groups in total. The summed E-state index contributed by atoms with van der Waals surface area (Å²) in [6.07, 6.45) is 0.0789. The molecule has 6 heteroatoms. The van der Waals surface area contributed by atoms with Gasteiger partial charge in [-0.1, -0.05) is 24.3 Å². The highest BCUT2D eigenvalue weighted by Crippen LogP contribution is 2.20. The summed E-state index contributed by atoms with van der Waals surface area (Å²) in [5.41, 5.74) is 1.35. The number of amides is 1.